The van der Waals surface area contributed by atoms with Gasteiger partial charge < -0.3 is 5.32 Å². The molecule has 1 N–H and O–H groups in total. The van der Waals surface area contributed by atoms with Crippen LogP contribution in [-0.2, 0) is 4.79 Å². The van der Waals surface area contributed by atoms with E-state index in [-0.39, 0.29) is 11.9 Å². The first-order valence-corrected chi connectivity index (χ1v) is 10.4. The fourth-order valence-corrected chi connectivity index (χ4v) is 4.05. The lowest BCUT2D eigenvalue weighted by molar-refractivity contribution is -0.119. The molecule has 1 aromatic heterocycles. The number of thioether (sulfide) groups is 1. The maximum atomic E-state index is 12.4. The van der Waals surface area contributed by atoms with Crippen LogP contribution in [0, 0.1) is 13.8 Å². The molecular formula is C20H21BrN4OS. The molecule has 0 radical (unpaired) electrons. The molecule has 0 spiro atoms. The number of carbonyl (C=O) groups is 1. The average Bonchev–Trinajstić information content (AvgIpc) is 3.18. The number of nitrogens with zero attached hydrogens (tertiary/aromatic N) is 3. The molecule has 0 aliphatic heterocycles. The highest BCUT2D eigenvalue weighted by Gasteiger charge is 2.12. The van der Waals surface area contributed by atoms with Crippen LogP contribution in [0.2, 0.25) is 0 Å². The van der Waals surface area contributed by atoms with E-state index in [2.05, 4.69) is 57.3 Å². The normalized spacial score (nSPS) is 12.0. The lowest BCUT2D eigenvalue weighted by Crippen LogP contribution is -2.28. The topological polar surface area (TPSA) is 59.8 Å². The van der Waals surface area contributed by atoms with Gasteiger partial charge in [-0.25, -0.2) is 9.67 Å². The van der Waals surface area contributed by atoms with Gasteiger partial charge >= 0.3 is 0 Å². The van der Waals surface area contributed by atoms with E-state index in [1.165, 1.54) is 17.5 Å². The van der Waals surface area contributed by atoms with Gasteiger partial charge in [0.2, 0.25) is 5.91 Å². The molecule has 27 heavy (non-hydrogen) atoms. The molecule has 1 atom stereocenters. The van der Waals surface area contributed by atoms with Crippen molar-refractivity contribution in [2.45, 2.75) is 31.7 Å². The van der Waals surface area contributed by atoms with Gasteiger partial charge in [-0.15, -0.1) is 11.8 Å². The molecule has 1 amide bonds. The van der Waals surface area contributed by atoms with Crippen LogP contribution >= 0.6 is 27.7 Å². The molecule has 2 aromatic carbocycles. The highest BCUT2D eigenvalue weighted by molar-refractivity contribution is 9.10. The first kappa shape index (κ1) is 19.6. The first-order valence-electron chi connectivity index (χ1n) is 8.58. The lowest BCUT2D eigenvalue weighted by atomic mass is 10.1. The molecule has 3 rings (SSSR count). The average molecular weight is 445 g/mol. The predicted molar refractivity (Wildman–Crippen MR) is 112 cm³/mol. The van der Waals surface area contributed by atoms with Crippen molar-refractivity contribution >= 4 is 33.6 Å². The molecule has 0 fully saturated rings. The summed E-state index contributed by atoms with van der Waals surface area (Å²) in [4.78, 5) is 17.4. The SMILES string of the molecule is Cc1cc(SCC(=O)NC(C)c2ccc(-n3cncn3)cc2)c(C)cc1Br. The molecule has 0 aliphatic rings. The van der Waals surface area contributed by atoms with Gasteiger partial charge in [0.1, 0.15) is 12.7 Å². The summed E-state index contributed by atoms with van der Waals surface area (Å²) < 4.78 is 2.79. The minimum Gasteiger partial charge on any atom is -0.349 e. The van der Waals surface area contributed by atoms with Crippen LogP contribution in [0.25, 0.3) is 5.69 Å². The monoisotopic (exact) mass is 444 g/mol. The van der Waals surface area contributed by atoms with Crippen molar-refractivity contribution in [3.05, 3.63) is 70.2 Å². The van der Waals surface area contributed by atoms with Crippen molar-refractivity contribution in [1.29, 1.82) is 0 Å². The minimum atomic E-state index is -0.0596. The zero-order valence-electron chi connectivity index (χ0n) is 15.4. The quantitative estimate of drug-likeness (QED) is 0.563. The Morgan fingerprint density at radius 1 is 1.22 bits per heavy atom. The molecule has 7 heteroatoms. The number of amides is 1. The third kappa shape index (κ3) is 4.99. The zero-order chi connectivity index (χ0) is 19.4. The van der Waals surface area contributed by atoms with Crippen molar-refractivity contribution in [1.82, 2.24) is 20.1 Å². The van der Waals surface area contributed by atoms with Gasteiger partial charge in [-0.05, 0) is 61.7 Å². The Balaban J connectivity index is 1.57. The van der Waals surface area contributed by atoms with Crippen LogP contribution in [0.5, 0.6) is 0 Å². The summed E-state index contributed by atoms with van der Waals surface area (Å²) in [7, 11) is 0. The van der Waals surface area contributed by atoms with Crippen LogP contribution in [0.1, 0.15) is 29.7 Å². The van der Waals surface area contributed by atoms with Gasteiger partial charge in [-0.2, -0.15) is 5.10 Å². The Kier molecular flexibility index (Phi) is 6.34. The molecule has 3 aromatic rings. The van der Waals surface area contributed by atoms with E-state index >= 15 is 0 Å². The van der Waals surface area contributed by atoms with Gasteiger partial charge in [0.05, 0.1) is 17.5 Å². The van der Waals surface area contributed by atoms with Crippen molar-refractivity contribution < 1.29 is 4.79 Å². The third-order valence-corrected chi connectivity index (χ3v) is 6.28. The summed E-state index contributed by atoms with van der Waals surface area (Å²) >= 11 is 5.10. The number of nitrogens with one attached hydrogen (secondary N) is 1. The highest BCUT2D eigenvalue weighted by atomic mass is 79.9. The third-order valence-electron chi connectivity index (χ3n) is 4.27. The Labute approximate surface area is 171 Å². The largest absolute Gasteiger partial charge is 0.349 e. The second-order valence-electron chi connectivity index (χ2n) is 6.38. The second-order valence-corrected chi connectivity index (χ2v) is 8.25. The minimum absolute atomic E-state index is 0.0211. The van der Waals surface area contributed by atoms with E-state index in [0.29, 0.717) is 5.75 Å². The number of aryl methyl sites for hydroxylation is 2. The van der Waals surface area contributed by atoms with Crippen molar-refractivity contribution in [3.63, 3.8) is 0 Å². The summed E-state index contributed by atoms with van der Waals surface area (Å²) in [6, 6.07) is 12.1. The fraction of sp³-hybridized carbons (Fsp3) is 0.250. The van der Waals surface area contributed by atoms with Crippen LogP contribution < -0.4 is 5.32 Å². The fourth-order valence-electron chi connectivity index (χ4n) is 2.68. The number of benzene rings is 2. The molecule has 1 unspecified atom stereocenters. The van der Waals surface area contributed by atoms with Crippen LogP contribution in [0.15, 0.2) is 58.4 Å². The van der Waals surface area contributed by atoms with Gasteiger partial charge in [0.25, 0.3) is 0 Å². The first-order chi connectivity index (χ1) is 12.9. The maximum absolute atomic E-state index is 12.4. The molecule has 0 saturated heterocycles. The zero-order valence-corrected chi connectivity index (χ0v) is 17.8. The molecular weight excluding hydrogens is 424 g/mol. The molecule has 140 valence electrons. The molecule has 1 heterocycles. The summed E-state index contributed by atoms with van der Waals surface area (Å²) in [5.74, 6) is 0.413. The molecule has 0 aliphatic carbocycles. The number of halogens is 1. The number of carbonyl (C=O) groups excluding carboxylic acids is 1. The van der Waals surface area contributed by atoms with Crippen molar-refractivity contribution in [3.8, 4) is 5.69 Å². The van der Waals surface area contributed by atoms with Crippen molar-refractivity contribution in [2.75, 3.05) is 5.75 Å². The maximum Gasteiger partial charge on any atom is 0.230 e. The van der Waals surface area contributed by atoms with Crippen molar-refractivity contribution in [2.24, 2.45) is 0 Å². The molecule has 0 bridgehead atoms. The Morgan fingerprint density at radius 3 is 2.63 bits per heavy atom. The second kappa shape index (κ2) is 8.71. The summed E-state index contributed by atoms with van der Waals surface area (Å²) in [6.45, 7) is 6.10. The summed E-state index contributed by atoms with van der Waals surface area (Å²) in [6.07, 6.45) is 3.16. The Hall–Kier alpha value is -2.12. The van der Waals surface area contributed by atoms with Gasteiger partial charge in [-0.1, -0.05) is 28.1 Å². The Bertz CT molecular complexity index is 926. The standard InChI is InChI=1S/C20H21BrN4OS/c1-13-9-19(14(2)8-18(13)21)27-10-20(26)24-15(3)16-4-6-17(7-5-16)25-12-22-11-23-25/h4-9,11-12,15H,10H2,1-3H3,(H,24,26). The molecule has 0 saturated carbocycles. The lowest BCUT2D eigenvalue weighted by Gasteiger charge is -2.15. The number of hydrogen-bond acceptors (Lipinski definition) is 4. The number of rotatable bonds is 6. The summed E-state index contributed by atoms with van der Waals surface area (Å²) in [5, 5.41) is 7.17. The van der Waals surface area contributed by atoms with E-state index in [9.17, 15) is 4.79 Å². The van der Waals surface area contributed by atoms with E-state index in [1.807, 2.05) is 31.2 Å². The Morgan fingerprint density at radius 2 is 1.96 bits per heavy atom. The van der Waals surface area contributed by atoms with Crippen LogP contribution in [0.4, 0.5) is 0 Å². The van der Waals surface area contributed by atoms with E-state index < -0.39 is 0 Å². The summed E-state index contributed by atoms with van der Waals surface area (Å²) in [5.41, 5.74) is 4.32. The van der Waals surface area contributed by atoms with E-state index in [4.69, 9.17) is 0 Å². The smallest absolute Gasteiger partial charge is 0.230 e. The highest BCUT2D eigenvalue weighted by Crippen LogP contribution is 2.28. The van der Waals surface area contributed by atoms with Crippen LogP contribution in [0.3, 0.4) is 0 Å². The number of hydrogen-bond donors (Lipinski definition) is 1. The van der Waals surface area contributed by atoms with Gasteiger partial charge in [0.15, 0.2) is 0 Å². The molecule has 5 nitrogen and oxygen atoms in total. The number of aromatic nitrogens is 3. The van der Waals surface area contributed by atoms with Gasteiger partial charge in [-0.3, -0.25) is 4.79 Å². The predicted octanol–water partition coefficient (Wildman–Crippen LogP) is 4.62. The van der Waals surface area contributed by atoms with Gasteiger partial charge in [0, 0.05) is 9.37 Å². The van der Waals surface area contributed by atoms with E-state index in [0.717, 1.165) is 20.6 Å². The van der Waals surface area contributed by atoms with Crippen LogP contribution in [-0.4, -0.2) is 26.4 Å². The van der Waals surface area contributed by atoms with E-state index in [1.54, 1.807) is 22.8 Å².